The van der Waals surface area contributed by atoms with Gasteiger partial charge in [-0.25, -0.2) is 0 Å². The van der Waals surface area contributed by atoms with Crippen LogP contribution in [0.1, 0.15) is 44.7 Å². The minimum absolute atomic E-state index is 0.102. The summed E-state index contributed by atoms with van der Waals surface area (Å²) in [6, 6.07) is 7.50. The minimum atomic E-state index is -0.159. The summed E-state index contributed by atoms with van der Waals surface area (Å²) < 4.78 is 16.4. The molecule has 8 heteroatoms. The van der Waals surface area contributed by atoms with Crippen LogP contribution in [-0.4, -0.2) is 27.4 Å². The molecule has 1 unspecified atom stereocenters. The van der Waals surface area contributed by atoms with E-state index in [-0.39, 0.29) is 10.7 Å². The lowest BCUT2D eigenvalue weighted by atomic mass is 9.96. The van der Waals surface area contributed by atoms with Crippen molar-refractivity contribution in [1.29, 1.82) is 0 Å². The lowest BCUT2D eigenvalue weighted by Crippen LogP contribution is -2.13. The van der Waals surface area contributed by atoms with E-state index < -0.39 is 0 Å². The van der Waals surface area contributed by atoms with Crippen molar-refractivity contribution in [2.24, 2.45) is 0 Å². The van der Waals surface area contributed by atoms with E-state index in [0.717, 1.165) is 5.56 Å². The second-order valence-electron chi connectivity index (χ2n) is 6.54. The molecule has 0 aliphatic heterocycles. The van der Waals surface area contributed by atoms with Crippen molar-refractivity contribution in [1.82, 2.24) is 20.3 Å². The van der Waals surface area contributed by atoms with Gasteiger partial charge in [-0.15, -0.1) is 10.2 Å². The first kappa shape index (κ1) is 17.5. The molecule has 0 aliphatic rings. The minimum Gasteiger partial charge on any atom is -0.496 e. The zero-order chi connectivity index (χ0) is 18.0. The van der Waals surface area contributed by atoms with E-state index in [0.29, 0.717) is 28.6 Å². The number of hydrogen-bond donors (Lipinski definition) is 0. The molecule has 2 heterocycles. The Kier molecular flexibility index (Phi) is 4.80. The third kappa shape index (κ3) is 3.84. The van der Waals surface area contributed by atoms with Crippen LogP contribution in [-0.2, 0) is 5.41 Å². The Balaban J connectivity index is 1.76. The zero-order valence-corrected chi connectivity index (χ0v) is 15.6. The maximum absolute atomic E-state index is 5.75. The van der Waals surface area contributed by atoms with E-state index >= 15 is 0 Å². The van der Waals surface area contributed by atoms with Crippen molar-refractivity contribution >= 4 is 11.8 Å². The van der Waals surface area contributed by atoms with E-state index in [9.17, 15) is 0 Å². The number of hydrogen-bond acceptors (Lipinski definition) is 8. The van der Waals surface area contributed by atoms with Crippen molar-refractivity contribution in [3.8, 4) is 17.2 Å². The Morgan fingerprint density at radius 2 is 1.92 bits per heavy atom. The lowest BCUT2D eigenvalue weighted by Gasteiger charge is -2.11. The normalized spacial score (nSPS) is 13.0. The summed E-state index contributed by atoms with van der Waals surface area (Å²) in [6.45, 7) is 8.07. The van der Waals surface area contributed by atoms with E-state index in [1.807, 2.05) is 52.0 Å². The SMILES string of the molecule is COc1ccccc1-c1nnc(SC(C)c2nc(C(C)(C)C)no2)o1. The molecule has 0 aliphatic carbocycles. The molecule has 132 valence electrons. The van der Waals surface area contributed by atoms with Gasteiger partial charge in [-0.2, -0.15) is 4.98 Å². The van der Waals surface area contributed by atoms with Gasteiger partial charge in [-0.3, -0.25) is 0 Å². The number of ether oxygens (including phenoxy) is 1. The van der Waals surface area contributed by atoms with Gasteiger partial charge in [0.15, 0.2) is 5.82 Å². The maximum Gasteiger partial charge on any atom is 0.277 e. The number of benzene rings is 1. The van der Waals surface area contributed by atoms with Crippen LogP contribution < -0.4 is 4.74 Å². The average Bonchev–Trinajstić information content (AvgIpc) is 3.23. The largest absolute Gasteiger partial charge is 0.496 e. The van der Waals surface area contributed by atoms with Crippen molar-refractivity contribution < 1.29 is 13.7 Å². The molecule has 0 radical (unpaired) electrons. The van der Waals surface area contributed by atoms with Crippen LogP contribution in [0.3, 0.4) is 0 Å². The van der Waals surface area contributed by atoms with Gasteiger partial charge in [0.1, 0.15) is 5.75 Å². The topological polar surface area (TPSA) is 87.1 Å². The summed E-state index contributed by atoms with van der Waals surface area (Å²) in [6.07, 6.45) is 0. The number of methoxy groups -OCH3 is 1. The molecular formula is C17H20N4O3S. The van der Waals surface area contributed by atoms with Gasteiger partial charge in [0.05, 0.1) is 17.9 Å². The molecule has 2 aromatic heterocycles. The van der Waals surface area contributed by atoms with Gasteiger partial charge in [0.2, 0.25) is 5.89 Å². The third-order valence-electron chi connectivity index (χ3n) is 3.48. The number of thioether (sulfide) groups is 1. The van der Waals surface area contributed by atoms with Gasteiger partial charge >= 0.3 is 0 Å². The summed E-state index contributed by atoms with van der Waals surface area (Å²) >= 11 is 1.37. The highest BCUT2D eigenvalue weighted by atomic mass is 32.2. The van der Waals surface area contributed by atoms with Gasteiger partial charge in [-0.1, -0.05) is 49.8 Å². The summed E-state index contributed by atoms with van der Waals surface area (Å²) in [5, 5.41) is 12.6. The highest BCUT2D eigenvalue weighted by molar-refractivity contribution is 7.99. The molecule has 0 saturated heterocycles. The predicted octanol–water partition coefficient (Wildman–Crippen LogP) is 4.28. The summed E-state index contributed by atoms with van der Waals surface area (Å²) in [5.74, 6) is 2.30. The van der Waals surface area contributed by atoms with Gasteiger partial charge in [0.25, 0.3) is 11.1 Å². The zero-order valence-electron chi connectivity index (χ0n) is 14.8. The first-order valence-corrected chi connectivity index (χ1v) is 8.74. The van der Waals surface area contributed by atoms with Crippen molar-refractivity contribution in [3.05, 3.63) is 36.0 Å². The van der Waals surface area contributed by atoms with Crippen LogP contribution in [0.4, 0.5) is 0 Å². The quantitative estimate of drug-likeness (QED) is 0.623. The third-order valence-corrected chi connectivity index (χ3v) is 4.40. The molecule has 25 heavy (non-hydrogen) atoms. The average molecular weight is 360 g/mol. The first-order chi connectivity index (χ1) is 11.9. The van der Waals surface area contributed by atoms with Crippen LogP contribution >= 0.6 is 11.8 Å². The molecule has 0 spiro atoms. The lowest BCUT2D eigenvalue weighted by molar-refractivity contribution is 0.363. The molecule has 3 rings (SSSR count). The summed E-state index contributed by atoms with van der Waals surface area (Å²) in [7, 11) is 1.61. The molecule has 0 bridgehead atoms. The molecular weight excluding hydrogens is 340 g/mol. The monoisotopic (exact) mass is 360 g/mol. The Labute approximate surface area is 150 Å². The second-order valence-corrected chi connectivity index (χ2v) is 7.83. The Hall–Kier alpha value is -2.35. The van der Waals surface area contributed by atoms with Crippen LogP contribution in [0.2, 0.25) is 0 Å². The Bertz CT molecular complexity index is 853. The Morgan fingerprint density at radius 1 is 1.16 bits per heavy atom. The van der Waals surface area contributed by atoms with E-state index in [1.54, 1.807) is 7.11 Å². The van der Waals surface area contributed by atoms with E-state index in [4.69, 9.17) is 13.7 Å². The van der Waals surface area contributed by atoms with Crippen molar-refractivity contribution in [2.75, 3.05) is 7.11 Å². The molecule has 7 nitrogen and oxygen atoms in total. The van der Waals surface area contributed by atoms with E-state index in [2.05, 4.69) is 20.3 Å². The van der Waals surface area contributed by atoms with E-state index in [1.165, 1.54) is 11.8 Å². The molecule has 0 fully saturated rings. The Morgan fingerprint density at radius 3 is 2.60 bits per heavy atom. The highest BCUT2D eigenvalue weighted by Crippen LogP contribution is 2.36. The fraction of sp³-hybridized carbons (Fsp3) is 0.412. The van der Waals surface area contributed by atoms with Gasteiger partial charge < -0.3 is 13.7 Å². The molecule has 1 aromatic carbocycles. The first-order valence-electron chi connectivity index (χ1n) is 7.86. The smallest absolute Gasteiger partial charge is 0.277 e. The van der Waals surface area contributed by atoms with Crippen molar-refractivity contribution in [2.45, 2.75) is 43.6 Å². The van der Waals surface area contributed by atoms with Crippen LogP contribution in [0.15, 0.2) is 38.4 Å². The molecule has 0 saturated carbocycles. The standard InChI is InChI=1S/C17H20N4O3S/c1-10(13-18-15(21-24-13)17(2,3)4)25-16-20-19-14(23-16)11-8-6-7-9-12(11)22-5/h6-10H,1-5H3. The highest BCUT2D eigenvalue weighted by Gasteiger charge is 2.25. The fourth-order valence-electron chi connectivity index (χ4n) is 2.09. The summed E-state index contributed by atoms with van der Waals surface area (Å²) in [5.41, 5.74) is 0.595. The molecule has 0 N–H and O–H groups in total. The number of aromatic nitrogens is 4. The molecule has 0 amide bonds. The van der Waals surface area contributed by atoms with Crippen LogP contribution in [0, 0.1) is 0 Å². The second kappa shape index (κ2) is 6.87. The number of para-hydroxylation sites is 1. The summed E-state index contributed by atoms with van der Waals surface area (Å²) in [4.78, 5) is 4.46. The van der Waals surface area contributed by atoms with Crippen LogP contribution in [0.25, 0.3) is 11.5 Å². The predicted molar refractivity (Wildman–Crippen MR) is 93.6 cm³/mol. The van der Waals surface area contributed by atoms with Crippen LogP contribution in [0.5, 0.6) is 5.75 Å². The molecule has 3 aromatic rings. The van der Waals surface area contributed by atoms with Crippen molar-refractivity contribution in [3.63, 3.8) is 0 Å². The number of nitrogens with zero attached hydrogens (tertiary/aromatic N) is 4. The molecule has 1 atom stereocenters. The fourth-order valence-corrected chi connectivity index (χ4v) is 2.81. The van der Waals surface area contributed by atoms with Gasteiger partial charge in [0, 0.05) is 5.41 Å². The maximum atomic E-state index is 5.75. The number of rotatable bonds is 5. The van der Waals surface area contributed by atoms with Gasteiger partial charge in [-0.05, 0) is 19.1 Å².